The largest absolute Gasteiger partial charge is 0.504 e. The first kappa shape index (κ1) is 8.20. The molecular weight excluding hydrogens is 188 g/mol. The predicted octanol–water partition coefficient (Wildman–Crippen LogP) is 2.90. The van der Waals surface area contributed by atoms with Crippen molar-refractivity contribution in [3.05, 3.63) is 35.4 Å². The van der Waals surface area contributed by atoms with Crippen LogP contribution in [0.2, 0.25) is 5.02 Å². The fraction of sp³-hybridized carbons (Fsp3) is 0. The van der Waals surface area contributed by atoms with Crippen LogP contribution in [0.3, 0.4) is 0 Å². The van der Waals surface area contributed by atoms with E-state index in [4.69, 9.17) is 11.6 Å². The summed E-state index contributed by atoms with van der Waals surface area (Å²) in [5.74, 6) is -0.427. The Kier molecular flexibility index (Phi) is 1.78. The van der Waals surface area contributed by atoms with Gasteiger partial charge in [0.25, 0.3) is 0 Å². The van der Waals surface area contributed by atoms with Gasteiger partial charge in [0.05, 0.1) is 5.02 Å². The SMILES string of the molecule is Oc1c(Cl)cc2ccccc2c1O. The molecule has 2 nitrogen and oxygen atoms in total. The molecule has 0 heterocycles. The molecule has 0 saturated carbocycles. The van der Waals surface area contributed by atoms with Crippen molar-refractivity contribution in [3.63, 3.8) is 0 Å². The fourth-order valence-corrected chi connectivity index (χ4v) is 1.49. The van der Waals surface area contributed by atoms with Crippen molar-refractivity contribution in [1.82, 2.24) is 0 Å². The quantitative estimate of drug-likeness (QED) is 0.633. The highest BCUT2D eigenvalue weighted by Gasteiger charge is 2.08. The first-order valence-corrected chi connectivity index (χ1v) is 4.17. The number of aromatic hydroxyl groups is 2. The Morgan fingerprint density at radius 2 is 1.69 bits per heavy atom. The van der Waals surface area contributed by atoms with Gasteiger partial charge in [-0.05, 0) is 11.5 Å². The van der Waals surface area contributed by atoms with Crippen LogP contribution in [0.1, 0.15) is 0 Å². The van der Waals surface area contributed by atoms with E-state index in [0.29, 0.717) is 5.39 Å². The number of phenols is 2. The van der Waals surface area contributed by atoms with Crippen molar-refractivity contribution >= 4 is 22.4 Å². The van der Waals surface area contributed by atoms with E-state index < -0.39 is 0 Å². The Labute approximate surface area is 80.0 Å². The second-order valence-corrected chi connectivity index (χ2v) is 3.18. The summed E-state index contributed by atoms with van der Waals surface area (Å²) in [6.07, 6.45) is 0. The maximum Gasteiger partial charge on any atom is 0.177 e. The molecular formula is C10H7ClO2. The average Bonchev–Trinajstić information content (AvgIpc) is 2.15. The topological polar surface area (TPSA) is 40.5 Å². The standard InChI is InChI=1S/C10H7ClO2/c11-8-5-6-3-1-2-4-7(6)9(12)10(8)13/h1-5,12-13H. The summed E-state index contributed by atoms with van der Waals surface area (Å²) < 4.78 is 0. The van der Waals surface area contributed by atoms with Gasteiger partial charge in [0.15, 0.2) is 11.5 Å². The third kappa shape index (κ3) is 1.19. The van der Waals surface area contributed by atoms with Crippen LogP contribution < -0.4 is 0 Å². The summed E-state index contributed by atoms with van der Waals surface area (Å²) in [4.78, 5) is 0. The van der Waals surface area contributed by atoms with Crippen LogP contribution in [-0.4, -0.2) is 10.2 Å². The second kappa shape index (κ2) is 2.82. The number of phenolic OH excluding ortho intramolecular Hbond substituents is 2. The molecule has 0 radical (unpaired) electrons. The maximum atomic E-state index is 9.50. The van der Waals surface area contributed by atoms with Crippen molar-refractivity contribution in [2.45, 2.75) is 0 Å². The lowest BCUT2D eigenvalue weighted by Crippen LogP contribution is -1.76. The van der Waals surface area contributed by atoms with Crippen LogP contribution in [0.15, 0.2) is 30.3 Å². The number of benzene rings is 2. The Morgan fingerprint density at radius 1 is 1.00 bits per heavy atom. The van der Waals surface area contributed by atoms with Crippen LogP contribution in [0.25, 0.3) is 10.8 Å². The van der Waals surface area contributed by atoms with E-state index in [1.807, 2.05) is 12.1 Å². The van der Waals surface area contributed by atoms with Gasteiger partial charge in [-0.15, -0.1) is 0 Å². The normalized spacial score (nSPS) is 10.5. The van der Waals surface area contributed by atoms with E-state index in [1.165, 1.54) is 0 Å². The van der Waals surface area contributed by atoms with Crippen molar-refractivity contribution in [2.75, 3.05) is 0 Å². The zero-order valence-electron chi connectivity index (χ0n) is 6.66. The van der Waals surface area contributed by atoms with Gasteiger partial charge in [0.1, 0.15) is 0 Å². The zero-order valence-corrected chi connectivity index (χ0v) is 7.42. The third-order valence-corrected chi connectivity index (χ3v) is 2.24. The van der Waals surface area contributed by atoms with Gasteiger partial charge in [-0.3, -0.25) is 0 Å². The van der Waals surface area contributed by atoms with E-state index in [9.17, 15) is 10.2 Å². The first-order chi connectivity index (χ1) is 6.20. The van der Waals surface area contributed by atoms with Crippen LogP contribution in [-0.2, 0) is 0 Å². The molecule has 2 rings (SSSR count). The molecule has 2 aromatic carbocycles. The molecule has 0 spiro atoms. The molecule has 0 atom stereocenters. The number of halogens is 1. The van der Waals surface area contributed by atoms with Gasteiger partial charge in [0.2, 0.25) is 0 Å². The molecule has 0 aliphatic rings. The lowest BCUT2D eigenvalue weighted by molar-refractivity contribution is 0.408. The molecule has 0 aromatic heterocycles. The van der Waals surface area contributed by atoms with Gasteiger partial charge >= 0.3 is 0 Å². The highest BCUT2D eigenvalue weighted by molar-refractivity contribution is 6.33. The molecule has 0 saturated heterocycles. The highest BCUT2D eigenvalue weighted by Crippen LogP contribution is 2.39. The van der Waals surface area contributed by atoms with E-state index >= 15 is 0 Å². The third-order valence-electron chi connectivity index (χ3n) is 1.95. The van der Waals surface area contributed by atoms with Crippen molar-refractivity contribution in [3.8, 4) is 11.5 Å². The molecule has 0 aliphatic heterocycles. The lowest BCUT2D eigenvalue weighted by atomic mass is 10.1. The van der Waals surface area contributed by atoms with E-state index in [1.54, 1.807) is 18.2 Å². The number of rotatable bonds is 0. The minimum atomic E-state index is -0.264. The van der Waals surface area contributed by atoms with E-state index in [2.05, 4.69) is 0 Å². The molecule has 0 fully saturated rings. The van der Waals surface area contributed by atoms with Gasteiger partial charge in [-0.1, -0.05) is 35.9 Å². The van der Waals surface area contributed by atoms with Crippen molar-refractivity contribution in [2.24, 2.45) is 0 Å². The Bertz CT molecular complexity index is 466. The van der Waals surface area contributed by atoms with Gasteiger partial charge in [-0.2, -0.15) is 0 Å². The predicted molar refractivity (Wildman–Crippen MR) is 52.3 cm³/mol. The lowest BCUT2D eigenvalue weighted by Gasteiger charge is -2.04. The second-order valence-electron chi connectivity index (χ2n) is 2.78. The Balaban J connectivity index is 2.94. The zero-order chi connectivity index (χ0) is 9.42. The molecule has 3 heteroatoms. The summed E-state index contributed by atoms with van der Waals surface area (Å²) in [7, 11) is 0. The van der Waals surface area contributed by atoms with E-state index in [0.717, 1.165) is 5.39 Å². The Morgan fingerprint density at radius 3 is 2.46 bits per heavy atom. The minimum Gasteiger partial charge on any atom is -0.504 e. The minimum absolute atomic E-state index is 0.163. The first-order valence-electron chi connectivity index (χ1n) is 3.79. The Hall–Kier alpha value is -1.41. The molecule has 0 bridgehead atoms. The maximum absolute atomic E-state index is 9.50. The molecule has 66 valence electrons. The van der Waals surface area contributed by atoms with Crippen LogP contribution in [0.5, 0.6) is 11.5 Å². The summed E-state index contributed by atoms with van der Waals surface area (Å²) in [6.45, 7) is 0. The van der Waals surface area contributed by atoms with Gasteiger partial charge in [-0.25, -0.2) is 0 Å². The molecule has 0 amide bonds. The summed E-state index contributed by atoms with van der Waals surface area (Å²) >= 11 is 5.68. The average molecular weight is 195 g/mol. The number of hydrogen-bond donors (Lipinski definition) is 2. The molecule has 2 aromatic rings. The monoisotopic (exact) mass is 194 g/mol. The molecule has 0 aliphatic carbocycles. The summed E-state index contributed by atoms with van der Waals surface area (Å²) in [5, 5.41) is 20.4. The van der Waals surface area contributed by atoms with Gasteiger partial charge < -0.3 is 10.2 Å². The van der Waals surface area contributed by atoms with Crippen molar-refractivity contribution in [1.29, 1.82) is 0 Å². The smallest absolute Gasteiger partial charge is 0.177 e. The fourth-order valence-electron chi connectivity index (χ4n) is 1.28. The molecule has 0 unspecified atom stereocenters. The van der Waals surface area contributed by atoms with E-state index in [-0.39, 0.29) is 16.5 Å². The van der Waals surface area contributed by atoms with Crippen LogP contribution in [0, 0.1) is 0 Å². The highest BCUT2D eigenvalue weighted by atomic mass is 35.5. The summed E-state index contributed by atoms with van der Waals surface area (Å²) in [5.41, 5.74) is 0. The van der Waals surface area contributed by atoms with Crippen LogP contribution in [0.4, 0.5) is 0 Å². The van der Waals surface area contributed by atoms with Crippen LogP contribution >= 0.6 is 11.6 Å². The molecule has 2 N–H and O–H groups in total. The summed E-state index contributed by atoms with van der Waals surface area (Å²) in [6, 6.07) is 8.79. The number of hydrogen-bond acceptors (Lipinski definition) is 2. The van der Waals surface area contributed by atoms with Crippen molar-refractivity contribution < 1.29 is 10.2 Å². The number of fused-ring (bicyclic) bond motifs is 1. The van der Waals surface area contributed by atoms with Gasteiger partial charge in [0, 0.05) is 5.39 Å². The molecule has 13 heavy (non-hydrogen) atoms.